The zero-order valence-corrected chi connectivity index (χ0v) is 26.1. The van der Waals surface area contributed by atoms with Gasteiger partial charge in [-0.2, -0.15) is 21.6 Å². The van der Waals surface area contributed by atoms with E-state index in [2.05, 4.69) is 45.6 Å². The van der Waals surface area contributed by atoms with Crippen LogP contribution in [0.1, 0.15) is 12.6 Å². The summed E-state index contributed by atoms with van der Waals surface area (Å²) in [5.74, 6) is 0.0473. The van der Waals surface area contributed by atoms with E-state index in [4.69, 9.17) is 15.4 Å². The monoisotopic (exact) mass is 745 g/mol. The number of aromatic nitrogens is 4. The summed E-state index contributed by atoms with van der Waals surface area (Å²) < 4.78 is 103. The predicted molar refractivity (Wildman–Crippen MR) is 132 cm³/mol. The molecule has 9 N–H and O–H groups in total. The van der Waals surface area contributed by atoms with Gasteiger partial charge in [0.1, 0.15) is 24.2 Å². The van der Waals surface area contributed by atoms with Crippen molar-refractivity contribution in [2.75, 3.05) is 19.5 Å². The fraction of sp³-hybridized carbons (Fsp3) is 0.545. The van der Waals surface area contributed by atoms with Crippen LogP contribution in [0.5, 0.6) is 0 Å². The molecule has 9 atom stereocenters. The largest absolute Gasteiger partial charge is 0.490 e. The maximum atomic E-state index is 12.2. The van der Waals surface area contributed by atoms with Crippen molar-refractivity contribution in [3.05, 3.63) is 12.7 Å². The molecule has 0 spiro atoms. The third kappa shape index (κ3) is 10.6. The summed E-state index contributed by atoms with van der Waals surface area (Å²) in [6.07, 6.45) is -1.43. The number of rotatable bonds is 15. The van der Waals surface area contributed by atoms with Crippen molar-refractivity contribution in [3.8, 4) is 0 Å². The lowest BCUT2D eigenvalue weighted by atomic mass is 10.2. The lowest BCUT2D eigenvalue weighted by Gasteiger charge is -2.21. The number of phosphoric acid groups is 6. The Morgan fingerprint density at radius 1 is 0.837 bits per heavy atom. The normalized spacial score (nSPS) is 27.8. The van der Waals surface area contributed by atoms with E-state index in [1.54, 1.807) is 0 Å². The Hall–Kier alpha value is -0.870. The van der Waals surface area contributed by atoms with Gasteiger partial charge < -0.3 is 44.9 Å². The van der Waals surface area contributed by atoms with Crippen LogP contribution in [0, 0.1) is 0 Å². The molecule has 0 aliphatic carbocycles. The number of nitrogens with zero attached hydrogens (tertiary/aromatic N) is 4. The zero-order chi connectivity index (χ0) is 32.6. The molecular weight excluding hydrogens is 724 g/mol. The standard InChI is InChI=1S/C11H21N5O21P6/c1-30-38(18,19)33-40(22,23)35-42(26,27)37-43(28,29)36-41(24,25)34-39(20,21)31-3-7-6(17)2-8(32-7)16-5-15-9-10(12)13-4-14-11(9)16/h4-8,17H,2-3H2,1H3,(H,18,19)(H,20,21)(H,22,23)(H,24,25)(H,26,27)(H,28,29)(H2,12,13,14)/t6?,7-,8-/m1/s1. The summed E-state index contributed by atoms with van der Waals surface area (Å²) >= 11 is 0. The number of nitrogen functional groups attached to an aromatic ring is 1. The third-order valence-electron chi connectivity index (χ3n) is 4.57. The van der Waals surface area contributed by atoms with Crippen molar-refractivity contribution in [2.24, 2.45) is 0 Å². The lowest BCUT2D eigenvalue weighted by Crippen LogP contribution is -2.26. The van der Waals surface area contributed by atoms with E-state index < -0.39 is 72.0 Å². The summed E-state index contributed by atoms with van der Waals surface area (Å²) in [5, 5.41) is 10.3. The van der Waals surface area contributed by atoms with Gasteiger partial charge in [-0.15, -0.1) is 0 Å². The second kappa shape index (κ2) is 13.1. The van der Waals surface area contributed by atoms with Gasteiger partial charge in [0.05, 0.1) is 19.0 Å². The van der Waals surface area contributed by atoms with Crippen LogP contribution in [0.25, 0.3) is 11.2 Å². The van der Waals surface area contributed by atoms with Crippen molar-refractivity contribution >= 4 is 63.9 Å². The number of fused-ring (bicyclic) bond motifs is 1. The second-order valence-corrected chi connectivity index (χ2v) is 17.2. The van der Waals surface area contributed by atoms with Crippen LogP contribution in [0.15, 0.2) is 12.7 Å². The highest BCUT2D eigenvalue weighted by atomic mass is 31.3. The molecule has 0 amide bonds. The first-order valence-electron chi connectivity index (χ1n) is 10.4. The predicted octanol–water partition coefficient (Wildman–Crippen LogP) is 0.405. The van der Waals surface area contributed by atoms with Crippen molar-refractivity contribution in [1.29, 1.82) is 0 Å². The highest BCUT2D eigenvalue weighted by Gasteiger charge is 2.49. The van der Waals surface area contributed by atoms with Gasteiger partial charge in [-0.05, 0) is 0 Å². The average molecular weight is 745 g/mol. The molecule has 43 heavy (non-hydrogen) atoms. The summed E-state index contributed by atoms with van der Waals surface area (Å²) in [6, 6.07) is 0. The SMILES string of the molecule is COP(=O)(O)OP(=O)(O)OP(=O)(O)OP(=O)(O)OP(=O)(O)OP(=O)(O)OC[C@H]1O[C@@H](n2cnc3c(N)ncnc32)CC1O. The van der Waals surface area contributed by atoms with E-state index in [1.165, 1.54) is 10.9 Å². The summed E-state index contributed by atoms with van der Waals surface area (Å²) in [4.78, 5) is 68.1. The van der Waals surface area contributed by atoms with E-state index >= 15 is 0 Å². The molecule has 7 unspecified atom stereocenters. The molecule has 1 aliphatic rings. The topological polar surface area (TPSA) is 387 Å². The van der Waals surface area contributed by atoms with Gasteiger partial charge in [0.15, 0.2) is 11.5 Å². The number of hydrogen-bond donors (Lipinski definition) is 8. The van der Waals surface area contributed by atoms with Crippen molar-refractivity contribution in [2.45, 2.75) is 24.9 Å². The molecule has 3 rings (SSSR count). The molecule has 1 fully saturated rings. The summed E-state index contributed by atoms with van der Waals surface area (Å²) in [7, 11) is -35.6. The van der Waals surface area contributed by atoms with E-state index in [0.717, 1.165) is 6.33 Å². The molecule has 1 aliphatic heterocycles. The molecule has 0 aromatic carbocycles. The van der Waals surface area contributed by atoms with Gasteiger partial charge >= 0.3 is 46.9 Å². The first-order chi connectivity index (χ1) is 19.4. The van der Waals surface area contributed by atoms with E-state index in [9.17, 15) is 57.0 Å². The number of nitrogens with two attached hydrogens (primary N) is 1. The average Bonchev–Trinajstić information content (AvgIpc) is 3.37. The van der Waals surface area contributed by atoms with Crippen molar-refractivity contribution in [1.82, 2.24) is 19.5 Å². The van der Waals surface area contributed by atoms with Gasteiger partial charge in [-0.3, -0.25) is 13.6 Å². The smallest absolute Gasteiger partial charge is 0.390 e. The van der Waals surface area contributed by atoms with Crippen LogP contribution in [-0.2, 0) is 62.7 Å². The van der Waals surface area contributed by atoms with Gasteiger partial charge in [0, 0.05) is 13.5 Å². The van der Waals surface area contributed by atoms with E-state index in [1.807, 2.05) is 0 Å². The Morgan fingerprint density at radius 2 is 1.33 bits per heavy atom. The summed E-state index contributed by atoms with van der Waals surface area (Å²) in [5.41, 5.74) is 6.13. The molecule has 1 saturated heterocycles. The Bertz CT molecular complexity index is 1630. The van der Waals surface area contributed by atoms with Crippen LogP contribution in [-0.4, -0.2) is 79.9 Å². The maximum Gasteiger partial charge on any atom is 0.490 e. The maximum absolute atomic E-state index is 12.2. The fourth-order valence-corrected chi connectivity index (χ4v) is 10.6. The Labute approximate surface area is 237 Å². The molecule has 2 aromatic rings. The van der Waals surface area contributed by atoms with Crippen LogP contribution in [0.2, 0.25) is 0 Å². The van der Waals surface area contributed by atoms with Crippen LogP contribution in [0.4, 0.5) is 5.82 Å². The van der Waals surface area contributed by atoms with Gasteiger partial charge in [-0.25, -0.2) is 42.3 Å². The molecular formula is C11H21N5O21P6. The molecule has 246 valence electrons. The van der Waals surface area contributed by atoms with Gasteiger partial charge in [-0.1, -0.05) is 0 Å². The van der Waals surface area contributed by atoms with Gasteiger partial charge in [0.25, 0.3) is 0 Å². The first-order valence-corrected chi connectivity index (χ1v) is 19.4. The lowest BCUT2D eigenvalue weighted by molar-refractivity contribution is -0.0423. The number of aliphatic hydroxyl groups excluding tert-OH is 1. The van der Waals surface area contributed by atoms with Crippen molar-refractivity contribution in [3.63, 3.8) is 0 Å². The van der Waals surface area contributed by atoms with Crippen LogP contribution >= 0.6 is 46.9 Å². The van der Waals surface area contributed by atoms with E-state index in [-0.39, 0.29) is 23.4 Å². The molecule has 0 bridgehead atoms. The van der Waals surface area contributed by atoms with Crippen molar-refractivity contribution < 1.29 is 97.2 Å². The molecule has 3 heterocycles. The number of aliphatic hydroxyl groups is 1. The number of imidazole rings is 1. The second-order valence-electron chi connectivity index (χ2n) is 7.71. The molecule has 26 nitrogen and oxygen atoms in total. The number of ether oxygens (including phenoxy) is 1. The van der Waals surface area contributed by atoms with Gasteiger partial charge in [0.2, 0.25) is 0 Å². The Morgan fingerprint density at radius 3 is 1.84 bits per heavy atom. The first kappa shape index (κ1) is 36.6. The molecule has 32 heteroatoms. The minimum atomic E-state index is -6.38. The third-order valence-corrected chi connectivity index (χ3v) is 13.8. The summed E-state index contributed by atoms with van der Waals surface area (Å²) in [6.45, 7) is -0.996. The van der Waals surface area contributed by atoms with Crippen LogP contribution < -0.4 is 5.73 Å². The fourth-order valence-electron chi connectivity index (χ4n) is 3.05. The Balaban J connectivity index is 1.58. The number of anilines is 1. The molecule has 2 aromatic heterocycles. The van der Waals surface area contributed by atoms with Crippen LogP contribution in [0.3, 0.4) is 0 Å². The highest BCUT2D eigenvalue weighted by molar-refractivity contribution is 7.72. The molecule has 0 saturated carbocycles. The Kier molecular flexibility index (Phi) is 11.1. The highest BCUT2D eigenvalue weighted by Crippen LogP contribution is 2.75. The van der Waals surface area contributed by atoms with E-state index in [0.29, 0.717) is 7.11 Å². The minimum absolute atomic E-state index is 0.0473. The quantitative estimate of drug-likeness (QED) is 0.114. The minimum Gasteiger partial charge on any atom is -0.390 e. The zero-order valence-electron chi connectivity index (χ0n) is 20.7. The molecule has 0 radical (unpaired) electrons. The number of phosphoric ester groups is 2. The number of hydrogen-bond acceptors (Lipinski definition) is 19.